The zero-order valence-corrected chi connectivity index (χ0v) is 16.8. The van der Waals surface area contributed by atoms with Gasteiger partial charge < -0.3 is 19.7 Å². The number of rotatable bonds is 2. The summed E-state index contributed by atoms with van der Waals surface area (Å²) >= 11 is 0. The van der Waals surface area contributed by atoms with Gasteiger partial charge in [-0.1, -0.05) is 25.5 Å². The molecule has 27 heavy (non-hydrogen) atoms. The van der Waals surface area contributed by atoms with Crippen LogP contribution in [0.4, 0.5) is 4.79 Å². The summed E-state index contributed by atoms with van der Waals surface area (Å²) in [5.41, 5.74) is 1.26. The first-order valence-electron chi connectivity index (χ1n) is 10.7. The molecule has 0 saturated heterocycles. The summed E-state index contributed by atoms with van der Waals surface area (Å²) in [5.74, 6) is 1.07. The van der Waals surface area contributed by atoms with Gasteiger partial charge in [0, 0.05) is 6.42 Å². The van der Waals surface area contributed by atoms with Crippen LogP contribution in [-0.2, 0) is 9.47 Å². The van der Waals surface area contributed by atoms with Gasteiger partial charge in [0.15, 0.2) is 0 Å². The zero-order valence-electron chi connectivity index (χ0n) is 16.8. The third kappa shape index (κ3) is 2.93. The van der Waals surface area contributed by atoms with Crippen molar-refractivity contribution in [3.8, 4) is 0 Å². The Morgan fingerprint density at radius 2 is 1.93 bits per heavy atom. The fraction of sp³-hybridized carbons (Fsp3) is 0.864. The van der Waals surface area contributed by atoms with Crippen molar-refractivity contribution in [2.75, 3.05) is 6.61 Å². The van der Waals surface area contributed by atoms with Gasteiger partial charge in [-0.05, 0) is 74.0 Å². The molecule has 0 radical (unpaired) electrons. The second kappa shape index (κ2) is 6.77. The number of aliphatic hydroxyl groups is 2. The predicted molar refractivity (Wildman–Crippen MR) is 101 cm³/mol. The van der Waals surface area contributed by atoms with Gasteiger partial charge in [-0.2, -0.15) is 0 Å². The van der Waals surface area contributed by atoms with E-state index >= 15 is 0 Å². The lowest BCUT2D eigenvalue weighted by Crippen LogP contribution is -2.55. The topological polar surface area (TPSA) is 76.0 Å². The highest BCUT2D eigenvalue weighted by Crippen LogP contribution is 2.64. The second-order valence-corrected chi connectivity index (χ2v) is 9.69. The average Bonchev–Trinajstić information content (AvgIpc) is 2.92. The first kappa shape index (κ1) is 19.3. The molecule has 0 unspecified atom stereocenters. The second-order valence-electron chi connectivity index (χ2n) is 9.69. The van der Waals surface area contributed by atoms with Crippen molar-refractivity contribution in [2.45, 2.75) is 84.0 Å². The molecule has 0 spiro atoms. The van der Waals surface area contributed by atoms with E-state index in [0.717, 1.165) is 38.5 Å². The summed E-state index contributed by atoms with van der Waals surface area (Å²) in [4.78, 5) is 11.7. The molecule has 3 fully saturated rings. The Morgan fingerprint density at radius 1 is 1.15 bits per heavy atom. The normalized spacial score (nSPS) is 48.7. The molecule has 152 valence electrons. The van der Waals surface area contributed by atoms with Crippen LogP contribution < -0.4 is 0 Å². The van der Waals surface area contributed by atoms with Crippen LogP contribution in [0.5, 0.6) is 0 Å². The molecule has 8 atom stereocenters. The monoisotopic (exact) mass is 378 g/mol. The lowest BCUT2D eigenvalue weighted by molar-refractivity contribution is -0.106. The van der Waals surface area contributed by atoms with Crippen LogP contribution in [-0.4, -0.2) is 41.3 Å². The number of carbonyl (C=O) groups is 1. The van der Waals surface area contributed by atoms with Crippen LogP contribution in [0.25, 0.3) is 0 Å². The number of fused-ring (bicyclic) bond motifs is 5. The largest absolute Gasteiger partial charge is 0.508 e. The van der Waals surface area contributed by atoms with Gasteiger partial charge in [0.05, 0.1) is 18.8 Å². The molecule has 0 heterocycles. The Morgan fingerprint density at radius 3 is 2.67 bits per heavy atom. The molecule has 0 aromatic rings. The number of ether oxygens (including phenoxy) is 2. The van der Waals surface area contributed by atoms with Gasteiger partial charge in [0.2, 0.25) is 0 Å². The minimum Gasteiger partial charge on any atom is -0.435 e. The van der Waals surface area contributed by atoms with Gasteiger partial charge in [0.1, 0.15) is 6.10 Å². The van der Waals surface area contributed by atoms with E-state index in [1.54, 1.807) is 6.92 Å². The molecule has 3 saturated carbocycles. The van der Waals surface area contributed by atoms with Gasteiger partial charge >= 0.3 is 6.16 Å². The Kier molecular flexibility index (Phi) is 4.83. The highest BCUT2D eigenvalue weighted by molar-refractivity contribution is 5.60. The van der Waals surface area contributed by atoms with E-state index in [1.807, 2.05) is 0 Å². The lowest BCUT2D eigenvalue weighted by atomic mass is 9.47. The highest BCUT2D eigenvalue weighted by Gasteiger charge is 2.60. The fourth-order valence-corrected chi connectivity index (χ4v) is 6.98. The van der Waals surface area contributed by atoms with Gasteiger partial charge in [0.25, 0.3) is 0 Å². The molecule has 2 N–H and O–H groups in total. The molecule has 0 aromatic carbocycles. The Bertz CT molecular complexity index is 630. The first-order valence-corrected chi connectivity index (χ1v) is 10.7. The van der Waals surface area contributed by atoms with E-state index in [4.69, 9.17) is 9.47 Å². The van der Waals surface area contributed by atoms with E-state index in [2.05, 4.69) is 19.9 Å². The average molecular weight is 379 g/mol. The quantitative estimate of drug-likeness (QED) is 0.564. The fourth-order valence-electron chi connectivity index (χ4n) is 6.98. The number of hydrogen-bond donors (Lipinski definition) is 2. The number of aliphatic hydroxyl groups excluding tert-OH is 2. The maximum atomic E-state index is 11.7. The molecular formula is C22H34O5. The third-order valence-electron chi connectivity index (χ3n) is 8.56. The van der Waals surface area contributed by atoms with Crippen molar-refractivity contribution in [3.63, 3.8) is 0 Å². The van der Waals surface area contributed by atoms with E-state index in [-0.39, 0.29) is 29.0 Å². The third-order valence-corrected chi connectivity index (χ3v) is 8.56. The van der Waals surface area contributed by atoms with E-state index in [1.165, 1.54) is 5.57 Å². The molecule has 5 nitrogen and oxygen atoms in total. The minimum absolute atomic E-state index is 0.0475. The van der Waals surface area contributed by atoms with Crippen LogP contribution >= 0.6 is 0 Å². The Labute approximate surface area is 162 Å². The standard InChI is InChI=1S/C22H34O5/c1-4-26-20(25)27-14-7-9-21(2)13(11-14)12-17(23)19-15-5-6-18(24)22(15,3)10-8-16(19)21/h12,14-19,23-24H,4-11H2,1-3H3/t14-,15-,16-,17-,18-,19-,21-,22-/m0/s1. The van der Waals surface area contributed by atoms with Crippen LogP contribution in [0.2, 0.25) is 0 Å². The highest BCUT2D eigenvalue weighted by atomic mass is 16.7. The lowest BCUT2D eigenvalue weighted by Gasteiger charge is -2.58. The maximum Gasteiger partial charge on any atom is 0.508 e. The summed E-state index contributed by atoms with van der Waals surface area (Å²) in [5, 5.41) is 21.6. The first-order chi connectivity index (χ1) is 12.8. The molecule has 0 aliphatic heterocycles. The van der Waals surface area contributed by atoms with Crippen molar-refractivity contribution in [3.05, 3.63) is 11.6 Å². The molecule has 0 aromatic heterocycles. The van der Waals surface area contributed by atoms with Crippen LogP contribution in [0.1, 0.15) is 65.7 Å². The molecule has 5 heteroatoms. The minimum atomic E-state index is -0.589. The van der Waals surface area contributed by atoms with Crippen LogP contribution in [0, 0.1) is 28.6 Å². The van der Waals surface area contributed by atoms with Crippen LogP contribution in [0.15, 0.2) is 11.6 Å². The van der Waals surface area contributed by atoms with E-state index in [9.17, 15) is 15.0 Å². The predicted octanol–water partition coefficient (Wildman–Crippen LogP) is 3.82. The Balaban J connectivity index is 1.57. The van der Waals surface area contributed by atoms with E-state index < -0.39 is 12.3 Å². The SMILES string of the molecule is CCOC(=O)O[C@H]1CC[C@@]2(C)C(=C[C@H](O)[C@H]3[C@@H]4CC[C@H](O)[C@@]4(C)CC[C@@H]32)C1. The molecule has 4 rings (SSSR count). The molecular weight excluding hydrogens is 344 g/mol. The number of carbonyl (C=O) groups excluding carboxylic acids is 1. The molecule has 0 bridgehead atoms. The summed E-state index contributed by atoms with van der Waals surface area (Å²) in [6.45, 7) is 6.66. The Hall–Kier alpha value is -1.07. The van der Waals surface area contributed by atoms with Crippen LogP contribution in [0.3, 0.4) is 0 Å². The summed E-state index contributed by atoms with van der Waals surface area (Å²) in [7, 11) is 0. The number of hydrogen-bond acceptors (Lipinski definition) is 5. The van der Waals surface area contributed by atoms with Gasteiger partial charge in [-0.25, -0.2) is 4.79 Å². The van der Waals surface area contributed by atoms with E-state index in [0.29, 0.717) is 24.9 Å². The van der Waals surface area contributed by atoms with Crippen molar-refractivity contribution >= 4 is 6.16 Å². The molecule has 4 aliphatic rings. The zero-order chi connectivity index (χ0) is 19.4. The van der Waals surface area contributed by atoms with Crippen molar-refractivity contribution in [1.29, 1.82) is 0 Å². The van der Waals surface area contributed by atoms with Gasteiger partial charge in [-0.15, -0.1) is 0 Å². The van der Waals surface area contributed by atoms with Crippen molar-refractivity contribution in [1.82, 2.24) is 0 Å². The smallest absolute Gasteiger partial charge is 0.435 e. The maximum absolute atomic E-state index is 11.7. The summed E-state index contributed by atoms with van der Waals surface area (Å²) < 4.78 is 10.4. The van der Waals surface area contributed by atoms with Gasteiger partial charge in [-0.3, -0.25) is 0 Å². The molecule has 4 aliphatic carbocycles. The van der Waals surface area contributed by atoms with Crippen molar-refractivity contribution < 1.29 is 24.5 Å². The summed E-state index contributed by atoms with van der Waals surface area (Å²) in [6, 6.07) is 0. The van der Waals surface area contributed by atoms with Crippen molar-refractivity contribution in [2.24, 2.45) is 28.6 Å². The molecule has 0 amide bonds. The summed E-state index contributed by atoms with van der Waals surface area (Å²) in [6.07, 6.45) is 7.10.